The molecule has 0 saturated heterocycles. The number of nitrogens with zero attached hydrogens (tertiary/aromatic N) is 1. The van der Waals surface area contributed by atoms with Crippen molar-refractivity contribution in [2.75, 3.05) is 19.6 Å². The summed E-state index contributed by atoms with van der Waals surface area (Å²) in [5.74, 6) is 0.463. The standard InChI is InChI=1S/C17H22N.3ClH.Hf/c1-3-18(4-2)14-17(16-12-8-9-13-16)15-10-6-5-7-11-15;;;;/h5-8,10-12,17H,3-4,9,14H2,1-2H3;3*1H;/q-1;;;;. The summed E-state index contributed by atoms with van der Waals surface area (Å²) in [6.07, 6.45) is 8.90. The molecule has 1 aromatic carbocycles. The number of rotatable bonds is 6. The van der Waals surface area contributed by atoms with Crippen LogP contribution in [0.2, 0.25) is 0 Å². The molecule has 1 aliphatic rings. The van der Waals surface area contributed by atoms with Gasteiger partial charge in [-0.2, -0.15) is 6.08 Å². The van der Waals surface area contributed by atoms with E-state index in [1.807, 2.05) is 0 Å². The first kappa shape index (κ1) is 27.3. The first-order valence-corrected chi connectivity index (χ1v) is 6.89. The fourth-order valence-corrected chi connectivity index (χ4v) is 2.47. The van der Waals surface area contributed by atoms with Crippen LogP contribution in [-0.2, 0) is 25.8 Å². The number of hydrogen-bond acceptors (Lipinski definition) is 1. The van der Waals surface area contributed by atoms with Crippen LogP contribution in [0.1, 0.15) is 31.7 Å². The van der Waals surface area contributed by atoms with E-state index in [0.717, 1.165) is 26.1 Å². The molecule has 1 unspecified atom stereocenters. The van der Waals surface area contributed by atoms with Crippen molar-refractivity contribution in [2.45, 2.75) is 26.2 Å². The average molecular weight is 528 g/mol. The van der Waals surface area contributed by atoms with Gasteiger partial charge >= 0.3 is 0 Å². The second-order valence-corrected chi connectivity index (χ2v) is 4.69. The zero-order valence-electron chi connectivity index (χ0n) is 13.1. The Balaban J connectivity index is -0.000000902. The van der Waals surface area contributed by atoms with Gasteiger partial charge in [0, 0.05) is 32.4 Å². The maximum absolute atomic E-state index is 3.49. The summed E-state index contributed by atoms with van der Waals surface area (Å²) >= 11 is 0. The van der Waals surface area contributed by atoms with Gasteiger partial charge in [-0.05, 0) is 24.6 Å². The molecule has 1 aliphatic carbocycles. The van der Waals surface area contributed by atoms with E-state index in [0.29, 0.717) is 5.92 Å². The Kier molecular flexibility index (Phi) is 18.5. The second kappa shape index (κ2) is 15.0. The van der Waals surface area contributed by atoms with Crippen molar-refractivity contribution in [3.8, 4) is 0 Å². The number of halogens is 3. The van der Waals surface area contributed by atoms with E-state index in [9.17, 15) is 0 Å². The third-order valence-electron chi connectivity index (χ3n) is 3.63. The van der Waals surface area contributed by atoms with Crippen LogP contribution in [-0.4, -0.2) is 24.5 Å². The van der Waals surface area contributed by atoms with Crippen LogP contribution in [0.3, 0.4) is 0 Å². The SMILES string of the molecule is CCN(CC)CC(C1=[C-]CC=C1)c1ccccc1.Cl.Cl.Cl.[Hf]. The van der Waals surface area contributed by atoms with Gasteiger partial charge in [0.1, 0.15) is 0 Å². The average Bonchev–Trinajstić information content (AvgIpc) is 2.95. The molecule has 2 rings (SSSR count). The second-order valence-electron chi connectivity index (χ2n) is 4.69. The molecule has 0 spiro atoms. The topological polar surface area (TPSA) is 3.24 Å². The molecule has 5 heteroatoms. The summed E-state index contributed by atoms with van der Waals surface area (Å²) in [6.45, 7) is 7.76. The summed E-state index contributed by atoms with van der Waals surface area (Å²) in [5, 5.41) is 0. The third kappa shape index (κ3) is 7.79. The Morgan fingerprint density at radius 2 is 1.64 bits per heavy atom. The van der Waals surface area contributed by atoms with E-state index in [1.165, 1.54) is 11.1 Å². The minimum absolute atomic E-state index is 0. The predicted octanol–water partition coefficient (Wildman–Crippen LogP) is 5.06. The Morgan fingerprint density at radius 1 is 1.05 bits per heavy atom. The molecular weight excluding hydrogens is 503 g/mol. The molecule has 0 heterocycles. The maximum Gasteiger partial charge on any atom is 0.00616 e. The van der Waals surface area contributed by atoms with Gasteiger partial charge in [-0.25, -0.2) is 11.6 Å². The zero-order chi connectivity index (χ0) is 12.8. The van der Waals surface area contributed by atoms with E-state index < -0.39 is 0 Å². The Morgan fingerprint density at radius 3 is 2.09 bits per heavy atom. The van der Waals surface area contributed by atoms with E-state index in [1.54, 1.807) is 0 Å². The van der Waals surface area contributed by atoms with Gasteiger partial charge in [-0.1, -0.05) is 44.2 Å². The fraction of sp³-hybridized carbons (Fsp3) is 0.412. The number of hydrogen-bond donors (Lipinski definition) is 0. The summed E-state index contributed by atoms with van der Waals surface area (Å²) in [4.78, 5) is 2.48. The van der Waals surface area contributed by atoms with Crippen molar-refractivity contribution >= 4 is 37.2 Å². The van der Waals surface area contributed by atoms with Crippen LogP contribution in [0.4, 0.5) is 0 Å². The van der Waals surface area contributed by atoms with Gasteiger partial charge in [0.05, 0.1) is 0 Å². The van der Waals surface area contributed by atoms with Crippen LogP contribution in [0, 0.1) is 6.08 Å². The van der Waals surface area contributed by atoms with Crippen LogP contribution in [0.15, 0.2) is 48.1 Å². The summed E-state index contributed by atoms with van der Waals surface area (Å²) < 4.78 is 0. The van der Waals surface area contributed by atoms with Gasteiger partial charge in [0.2, 0.25) is 0 Å². The minimum Gasteiger partial charge on any atom is -0.303 e. The van der Waals surface area contributed by atoms with Crippen LogP contribution >= 0.6 is 37.2 Å². The minimum atomic E-state index is 0. The smallest absolute Gasteiger partial charge is 0.00616 e. The molecule has 0 aromatic heterocycles. The molecule has 0 saturated carbocycles. The summed E-state index contributed by atoms with van der Waals surface area (Å²) in [7, 11) is 0. The fourth-order valence-electron chi connectivity index (χ4n) is 2.47. The number of likely N-dealkylation sites (N-methyl/N-ethyl adjacent to an activating group) is 1. The summed E-state index contributed by atoms with van der Waals surface area (Å²) in [5.41, 5.74) is 2.76. The van der Waals surface area contributed by atoms with Crippen LogP contribution in [0.25, 0.3) is 0 Å². The van der Waals surface area contributed by atoms with Crippen molar-refractivity contribution < 1.29 is 25.8 Å². The molecule has 0 radical (unpaired) electrons. The monoisotopic (exact) mass is 528 g/mol. The third-order valence-corrected chi connectivity index (χ3v) is 3.63. The van der Waals surface area contributed by atoms with Gasteiger partial charge in [0.25, 0.3) is 0 Å². The Bertz CT molecular complexity index is 431. The van der Waals surface area contributed by atoms with Crippen LogP contribution < -0.4 is 0 Å². The number of benzene rings is 1. The van der Waals surface area contributed by atoms with Crippen molar-refractivity contribution in [1.29, 1.82) is 0 Å². The molecule has 124 valence electrons. The molecule has 22 heavy (non-hydrogen) atoms. The van der Waals surface area contributed by atoms with Gasteiger partial charge in [-0.3, -0.25) is 6.08 Å². The molecule has 0 bridgehead atoms. The number of allylic oxidation sites excluding steroid dienone is 3. The normalized spacial score (nSPS) is 13.1. The quantitative estimate of drug-likeness (QED) is 0.369. The maximum atomic E-state index is 3.49. The first-order chi connectivity index (χ1) is 8.85. The molecule has 1 nitrogen and oxygen atoms in total. The van der Waals surface area contributed by atoms with E-state index >= 15 is 0 Å². The molecule has 0 aliphatic heterocycles. The Labute approximate surface area is 172 Å². The van der Waals surface area contributed by atoms with E-state index in [4.69, 9.17) is 0 Å². The van der Waals surface area contributed by atoms with E-state index in [-0.39, 0.29) is 63.1 Å². The molecule has 1 aromatic rings. The predicted molar refractivity (Wildman–Crippen MR) is 99.2 cm³/mol. The molecule has 0 N–H and O–H groups in total. The molecule has 0 fully saturated rings. The van der Waals surface area contributed by atoms with Crippen molar-refractivity contribution in [1.82, 2.24) is 4.90 Å². The summed E-state index contributed by atoms with van der Waals surface area (Å²) in [6, 6.07) is 10.8. The van der Waals surface area contributed by atoms with Gasteiger partial charge < -0.3 is 4.90 Å². The van der Waals surface area contributed by atoms with Crippen molar-refractivity contribution in [3.05, 3.63) is 59.7 Å². The van der Waals surface area contributed by atoms with Crippen molar-refractivity contribution in [3.63, 3.8) is 0 Å². The van der Waals surface area contributed by atoms with Crippen LogP contribution in [0.5, 0.6) is 0 Å². The van der Waals surface area contributed by atoms with Gasteiger partial charge in [-0.15, -0.1) is 43.6 Å². The van der Waals surface area contributed by atoms with E-state index in [2.05, 4.69) is 67.3 Å². The first-order valence-electron chi connectivity index (χ1n) is 6.89. The zero-order valence-corrected chi connectivity index (χ0v) is 19.2. The Hall–Kier alpha value is 0.400. The molecule has 1 atom stereocenters. The molecule has 0 amide bonds. The van der Waals surface area contributed by atoms with Crippen molar-refractivity contribution in [2.24, 2.45) is 0 Å². The largest absolute Gasteiger partial charge is 0.303 e. The van der Waals surface area contributed by atoms with Gasteiger partial charge in [0.15, 0.2) is 0 Å². The molecular formula is C17H25Cl3HfN-.